The summed E-state index contributed by atoms with van der Waals surface area (Å²) in [5.41, 5.74) is 0.735. The van der Waals surface area contributed by atoms with E-state index in [0.717, 1.165) is 28.2 Å². The van der Waals surface area contributed by atoms with Gasteiger partial charge in [-0.3, -0.25) is 0 Å². The highest BCUT2D eigenvalue weighted by molar-refractivity contribution is 7.99. The summed E-state index contributed by atoms with van der Waals surface area (Å²) in [6.45, 7) is 2.10. The van der Waals surface area contributed by atoms with E-state index in [0.29, 0.717) is 0 Å². The number of sulfone groups is 1. The number of urea groups is 1. The minimum Gasteiger partial charge on any atom is -0.331 e. The quantitative estimate of drug-likeness (QED) is 0.816. The lowest BCUT2D eigenvalue weighted by Gasteiger charge is -2.13. The van der Waals surface area contributed by atoms with Crippen LogP contribution in [0.15, 0.2) is 40.6 Å². The highest BCUT2D eigenvalue weighted by Crippen LogP contribution is 2.27. The second-order valence-corrected chi connectivity index (χ2v) is 7.78. The Bertz CT molecular complexity index is 641. The molecule has 1 aromatic rings. The first-order chi connectivity index (χ1) is 10.00. The van der Waals surface area contributed by atoms with Gasteiger partial charge in [-0.1, -0.05) is 19.1 Å². The van der Waals surface area contributed by atoms with Gasteiger partial charge >= 0.3 is 6.03 Å². The first-order valence-electron chi connectivity index (χ1n) is 6.70. The molecule has 0 aliphatic carbocycles. The Labute approximate surface area is 129 Å². The van der Waals surface area contributed by atoms with Crippen molar-refractivity contribution in [1.29, 1.82) is 0 Å². The summed E-state index contributed by atoms with van der Waals surface area (Å²) in [5, 5.41) is 6.56. The van der Waals surface area contributed by atoms with Gasteiger partial charge in [-0.15, -0.1) is 11.8 Å². The van der Waals surface area contributed by atoms with Gasteiger partial charge in [-0.2, -0.15) is 0 Å². The third-order valence-corrected chi connectivity index (χ3v) is 5.52. The van der Waals surface area contributed by atoms with Crippen LogP contribution in [0.1, 0.15) is 13.3 Å². The van der Waals surface area contributed by atoms with Crippen LogP contribution in [0.3, 0.4) is 0 Å². The molecule has 21 heavy (non-hydrogen) atoms. The fourth-order valence-electron chi connectivity index (χ4n) is 1.90. The van der Waals surface area contributed by atoms with E-state index in [4.69, 9.17) is 0 Å². The molecule has 1 aromatic carbocycles. The highest BCUT2D eigenvalue weighted by atomic mass is 32.2. The summed E-state index contributed by atoms with van der Waals surface area (Å²) in [7, 11) is -3.16. The lowest BCUT2D eigenvalue weighted by molar-refractivity contribution is 0.251. The number of nitrogens with one attached hydrogen (secondary N) is 2. The van der Waals surface area contributed by atoms with Gasteiger partial charge in [-0.25, -0.2) is 13.2 Å². The number of anilines is 1. The summed E-state index contributed by atoms with van der Waals surface area (Å²) in [6.07, 6.45) is 2.54. The molecule has 2 rings (SSSR count). The standard InChI is InChI=1S/C14H18N2O3S2/c1-2-8-20-13-6-4-3-5-12(13)16-14(17)15-11-7-9-21(18,19)10-11/h3-7,9,11H,2,8,10H2,1H3,(H2,15,16,17)/t11-/m1/s1. The van der Waals surface area contributed by atoms with Gasteiger partial charge in [0.05, 0.1) is 17.5 Å². The van der Waals surface area contributed by atoms with Crippen molar-refractivity contribution in [3.8, 4) is 0 Å². The molecule has 2 amide bonds. The number of para-hydroxylation sites is 1. The van der Waals surface area contributed by atoms with Crippen LogP contribution in [0.25, 0.3) is 0 Å². The maximum atomic E-state index is 11.9. The number of rotatable bonds is 5. The van der Waals surface area contributed by atoms with Crippen LogP contribution in [0.2, 0.25) is 0 Å². The van der Waals surface area contributed by atoms with Gasteiger partial charge in [0.2, 0.25) is 0 Å². The summed E-state index contributed by atoms with van der Waals surface area (Å²) in [6, 6.07) is 6.70. The molecule has 0 bridgehead atoms. The number of hydrogen-bond donors (Lipinski definition) is 2. The molecule has 114 valence electrons. The smallest absolute Gasteiger partial charge is 0.319 e. The summed E-state index contributed by atoms with van der Waals surface area (Å²) in [5.74, 6) is 0.899. The molecule has 1 heterocycles. The minimum absolute atomic E-state index is 0.0767. The maximum absolute atomic E-state index is 11.9. The van der Waals surface area contributed by atoms with E-state index in [-0.39, 0.29) is 5.75 Å². The van der Waals surface area contributed by atoms with Gasteiger partial charge in [0.15, 0.2) is 9.84 Å². The third kappa shape index (κ3) is 4.78. The number of benzene rings is 1. The molecule has 0 saturated heterocycles. The Balaban J connectivity index is 1.95. The fourth-order valence-corrected chi connectivity index (χ4v) is 4.01. The van der Waals surface area contributed by atoms with E-state index >= 15 is 0 Å². The van der Waals surface area contributed by atoms with Crippen LogP contribution in [0, 0.1) is 0 Å². The molecule has 1 aliphatic heterocycles. The lowest BCUT2D eigenvalue weighted by atomic mass is 10.3. The predicted octanol–water partition coefficient (Wildman–Crippen LogP) is 2.62. The topological polar surface area (TPSA) is 75.3 Å². The second-order valence-electron chi connectivity index (χ2n) is 4.71. The van der Waals surface area contributed by atoms with E-state index in [1.54, 1.807) is 11.8 Å². The lowest BCUT2D eigenvalue weighted by Crippen LogP contribution is -2.38. The first kappa shape index (κ1) is 15.9. The molecular weight excluding hydrogens is 308 g/mol. The molecule has 0 saturated carbocycles. The van der Waals surface area contributed by atoms with Crippen molar-refractivity contribution in [3.05, 3.63) is 35.7 Å². The molecular formula is C14H18N2O3S2. The summed E-state index contributed by atoms with van der Waals surface area (Å²) < 4.78 is 22.6. The monoisotopic (exact) mass is 326 g/mol. The molecule has 7 heteroatoms. The van der Waals surface area contributed by atoms with Crippen molar-refractivity contribution in [2.75, 3.05) is 16.8 Å². The largest absolute Gasteiger partial charge is 0.331 e. The Morgan fingerprint density at radius 3 is 2.81 bits per heavy atom. The van der Waals surface area contributed by atoms with E-state index < -0.39 is 21.9 Å². The van der Waals surface area contributed by atoms with E-state index in [9.17, 15) is 13.2 Å². The van der Waals surface area contributed by atoms with E-state index in [2.05, 4.69) is 17.6 Å². The van der Waals surface area contributed by atoms with Gasteiger partial charge in [-0.05, 0) is 30.4 Å². The van der Waals surface area contributed by atoms with Gasteiger partial charge < -0.3 is 10.6 Å². The van der Waals surface area contributed by atoms with Crippen LogP contribution in [-0.4, -0.2) is 32.0 Å². The Kier molecular flexibility index (Phi) is 5.30. The minimum atomic E-state index is -3.16. The Hall–Kier alpha value is -1.47. The molecule has 5 nitrogen and oxygen atoms in total. The molecule has 0 aromatic heterocycles. The van der Waals surface area contributed by atoms with Crippen LogP contribution in [-0.2, 0) is 9.84 Å². The number of amides is 2. The summed E-state index contributed by atoms with van der Waals surface area (Å²) >= 11 is 1.68. The van der Waals surface area contributed by atoms with Crippen LogP contribution in [0.4, 0.5) is 10.5 Å². The highest BCUT2D eigenvalue weighted by Gasteiger charge is 2.23. The van der Waals surface area contributed by atoms with Gasteiger partial charge in [0.1, 0.15) is 0 Å². The third-order valence-electron chi connectivity index (χ3n) is 2.84. The second kappa shape index (κ2) is 7.00. The number of carbonyl (C=O) groups is 1. The zero-order valence-corrected chi connectivity index (χ0v) is 13.3. The fraction of sp³-hybridized carbons (Fsp3) is 0.357. The van der Waals surface area contributed by atoms with Crippen molar-refractivity contribution >= 4 is 33.3 Å². The van der Waals surface area contributed by atoms with Crippen LogP contribution >= 0.6 is 11.8 Å². The van der Waals surface area contributed by atoms with E-state index in [1.807, 2.05) is 24.3 Å². The molecule has 2 N–H and O–H groups in total. The van der Waals surface area contributed by atoms with Crippen molar-refractivity contribution in [1.82, 2.24) is 5.32 Å². The van der Waals surface area contributed by atoms with Crippen molar-refractivity contribution in [2.24, 2.45) is 0 Å². The van der Waals surface area contributed by atoms with Crippen LogP contribution < -0.4 is 10.6 Å². The molecule has 0 spiro atoms. The van der Waals surface area contributed by atoms with Crippen molar-refractivity contribution in [3.63, 3.8) is 0 Å². The van der Waals surface area contributed by atoms with Crippen molar-refractivity contribution < 1.29 is 13.2 Å². The normalized spacial score (nSPS) is 19.4. The Morgan fingerprint density at radius 1 is 1.38 bits per heavy atom. The molecule has 0 radical (unpaired) electrons. The first-order valence-corrected chi connectivity index (χ1v) is 9.40. The average Bonchev–Trinajstić information content (AvgIpc) is 2.76. The molecule has 0 unspecified atom stereocenters. The van der Waals surface area contributed by atoms with Crippen molar-refractivity contribution in [2.45, 2.75) is 24.3 Å². The number of carbonyl (C=O) groups excluding carboxylic acids is 1. The Morgan fingerprint density at radius 2 is 2.14 bits per heavy atom. The molecule has 1 aliphatic rings. The number of hydrogen-bond acceptors (Lipinski definition) is 4. The SMILES string of the molecule is CCCSc1ccccc1NC(=O)N[C@@H]1C=CS(=O)(=O)C1. The predicted molar refractivity (Wildman–Crippen MR) is 86.3 cm³/mol. The summed E-state index contributed by atoms with van der Waals surface area (Å²) in [4.78, 5) is 12.9. The molecule has 1 atom stereocenters. The average molecular weight is 326 g/mol. The number of thioether (sulfide) groups is 1. The van der Waals surface area contributed by atoms with E-state index in [1.165, 1.54) is 6.08 Å². The zero-order valence-electron chi connectivity index (χ0n) is 11.7. The molecule has 0 fully saturated rings. The zero-order chi connectivity index (χ0) is 15.3. The van der Waals surface area contributed by atoms with Gasteiger partial charge in [0, 0.05) is 10.3 Å². The van der Waals surface area contributed by atoms with Crippen LogP contribution in [0.5, 0.6) is 0 Å². The maximum Gasteiger partial charge on any atom is 0.319 e. The van der Waals surface area contributed by atoms with Gasteiger partial charge in [0.25, 0.3) is 0 Å².